The summed E-state index contributed by atoms with van der Waals surface area (Å²) in [6.45, 7) is 7.87. The number of esters is 2. The molecule has 0 radical (unpaired) electrons. The lowest BCUT2D eigenvalue weighted by Crippen LogP contribution is -2.30. The van der Waals surface area contributed by atoms with E-state index in [1.807, 2.05) is 0 Å². The topological polar surface area (TPSA) is 61.8 Å². The van der Waals surface area contributed by atoms with Gasteiger partial charge >= 0.3 is 11.9 Å². The van der Waals surface area contributed by atoms with E-state index in [-0.39, 0.29) is 18.5 Å². The number of hydrogen-bond acceptors (Lipinski definition) is 5. The summed E-state index contributed by atoms with van der Waals surface area (Å²) in [4.78, 5) is 25.5. The summed E-state index contributed by atoms with van der Waals surface area (Å²) in [6, 6.07) is 0. The summed E-state index contributed by atoms with van der Waals surface area (Å²) in [5.41, 5.74) is 0. The molecule has 0 aromatic heterocycles. The van der Waals surface area contributed by atoms with Gasteiger partial charge < -0.3 is 14.2 Å². The molecule has 0 aliphatic heterocycles. The van der Waals surface area contributed by atoms with Crippen molar-refractivity contribution in [2.75, 3.05) is 19.8 Å². The molecule has 0 bridgehead atoms. The average molecular weight is 902 g/mol. The smallest absolute Gasteiger partial charge is 0.306 e. The lowest BCUT2D eigenvalue weighted by molar-refractivity contribution is -0.163. The van der Waals surface area contributed by atoms with E-state index in [1.165, 1.54) is 238 Å². The second-order valence-corrected chi connectivity index (χ2v) is 19.5. The molecule has 0 heterocycles. The van der Waals surface area contributed by atoms with E-state index < -0.39 is 6.10 Å². The van der Waals surface area contributed by atoms with E-state index >= 15 is 0 Å². The first-order valence-corrected chi connectivity index (χ1v) is 28.9. The van der Waals surface area contributed by atoms with Crippen LogP contribution in [0.3, 0.4) is 0 Å². The van der Waals surface area contributed by atoms with E-state index in [9.17, 15) is 9.59 Å². The average Bonchev–Trinajstić information content (AvgIpc) is 3.30. The van der Waals surface area contributed by atoms with Crippen LogP contribution in [0, 0.1) is 0 Å². The summed E-state index contributed by atoms with van der Waals surface area (Å²) in [7, 11) is 0. The van der Waals surface area contributed by atoms with Crippen LogP contribution in [0.25, 0.3) is 0 Å². The molecule has 0 amide bonds. The minimum atomic E-state index is -0.535. The molecule has 0 saturated carbocycles. The fourth-order valence-corrected chi connectivity index (χ4v) is 8.62. The predicted molar refractivity (Wildman–Crippen MR) is 279 cm³/mol. The molecule has 0 rings (SSSR count). The van der Waals surface area contributed by atoms with Gasteiger partial charge in [0.25, 0.3) is 0 Å². The van der Waals surface area contributed by atoms with Gasteiger partial charge in [-0.15, -0.1) is 0 Å². The fraction of sp³-hybridized carbons (Fsp3) is 0.898. The lowest BCUT2D eigenvalue weighted by Gasteiger charge is -2.18. The molecule has 0 N–H and O–H groups in total. The summed E-state index contributed by atoms with van der Waals surface area (Å²) in [6.07, 6.45) is 66.2. The number of carbonyl (C=O) groups is 2. The van der Waals surface area contributed by atoms with Crippen LogP contribution in [-0.2, 0) is 23.8 Å². The number of carbonyl (C=O) groups excluding carboxylic acids is 2. The zero-order valence-corrected chi connectivity index (χ0v) is 43.6. The molecule has 5 nitrogen and oxygen atoms in total. The van der Waals surface area contributed by atoms with Crippen molar-refractivity contribution >= 4 is 11.9 Å². The molecule has 0 saturated heterocycles. The molecular weight excluding hydrogens is 789 g/mol. The Kier molecular flexibility index (Phi) is 54.3. The van der Waals surface area contributed by atoms with Crippen molar-refractivity contribution in [2.24, 2.45) is 0 Å². The first kappa shape index (κ1) is 62.4. The van der Waals surface area contributed by atoms with Crippen molar-refractivity contribution < 1.29 is 23.8 Å². The van der Waals surface area contributed by atoms with Crippen LogP contribution in [0.1, 0.15) is 316 Å². The molecule has 0 aliphatic carbocycles. The number of unbranched alkanes of at least 4 members (excludes halogenated alkanes) is 39. The third-order valence-electron chi connectivity index (χ3n) is 13.0. The van der Waals surface area contributed by atoms with E-state index in [4.69, 9.17) is 14.2 Å². The van der Waals surface area contributed by atoms with Crippen molar-refractivity contribution in [3.05, 3.63) is 24.3 Å². The van der Waals surface area contributed by atoms with Crippen LogP contribution in [0.4, 0.5) is 0 Å². The largest absolute Gasteiger partial charge is 0.462 e. The summed E-state index contributed by atoms with van der Waals surface area (Å²) < 4.78 is 17.5. The van der Waals surface area contributed by atoms with Crippen LogP contribution in [-0.4, -0.2) is 37.9 Å². The van der Waals surface area contributed by atoms with Gasteiger partial charge in [0.2, 0.25) is 0 Å². The summed E-state index contributed by atoms with van der Waals surface area (Å²) in [5.74, 6) is -0.389. The third kappa shape index (κ3) is 53.0. The van der Waals surface area contributed by atoms with E-state index in [1.54, 1.807) is 0 Å². The number of rotatable bonds is 54. The third-order valence-corrected chi connectivity index (χ3v) is 13.0. The van der Waals surface area contributed by atoms with Gasteiger partial charge in [-0.2, -0.15) is 0 Å². The highest BCUT2D eigenvalue weighted by atomic mass is 16.6. The van der Waals surface area contributed by atoms with Gasteiger partial charge in [0.1, 0.15) is 6.61 Å². The van der Waals surface area contributed by atoms with Crippen LogP contribution in [0.5, 0.6) is 0 Å². The first-order chi connectivity index (χ1) is 31.6. The molecule has 1 unspecified atom stereocenters. The van der Waals surface area contributed by atoms with E-state index in [0.29, 0.717) is 26.1 Å². The number of allylic oxidation sites excluding steroid dienone is 4. The van der Waals surface area contributed by atoms with Crippen molar-refractivity contribution in [3.8, 4) is 0 Å². The molecule has 5 heteroatoms. The van der Waals surface area contributed by atoms with Crippen molar-refractivity contribution in [3.63, 3.8) is 0 Å². The van der Waals surface area contributed by atoms with Crippen molar-refractivity contribution in [2.45, 2.75) is 322 Å². The quantitative estimate of drug-likeness (QED) is 0.0346. The Bertz CT molecular complexity index is 974. The maximum absolute atomic E-state index is 12.8. The van der Waals surface area contributed by atoms with Gasteiger partial charge in [0.15, 0.2) is 6.10 Å². The van der Waals surface area contributed by atoms with E-state index in [0.717, 1.165) is 44.9 Å². The first-order valence-electron chi connectivity index (χ1n) is 28.9. The highest BCUT2D eigenvalue weighted by Crippen LogP contribution is 2.16. The van der Waals surface area contributed by atoms with Crippen molar-refractivity contribution in [1.29, 1.82) is 0 Å². The SMILES string of the molecule is CCCCCC/C=C\CCCCCCCC(=O)OC(COCCCCCCCCCCCCCCCCCC)COC(=O)CCCCCCCCCCC/C=C\CCCCCCCC. The van der Waals surface area contributed by atoms with Gasteiger partial charge in [0, 0.05) is 19.4 Å². The molecule has 378 valence electrons. The summed E-state index contributed by atoms with van der Waals surface area (Å²) >= 11 is 0. The van der Waals surface area contributed by atoms with Gasteiger partial charge in [-0.05, 0) is 70.6 Å². The number of ether oxygens (including phenoxy) is 3. The standard InChI is InChI=1S/C59H112O5/c1-4-7-10-13-16-19-22-25-27-29-30-31-32-35-37-40-43-46-49-52-58(60)63-56-57(64-59(61)53-50-47-44-41-38-34-24-21-18-15-12-9-6-3)55-62-54-51-48-45-42-39-36-33-28-26-23-20-17-14-11-8-5-2/h21,24-25,27,57H,4-20,22-23,26,28-56H2,1-3H3/b24-21-,27-25-. The molecule has 0 aliphatic rings. The number of hydrogen-bond donors (Lipinski definition) is 0. The molecule has 1 atom stereocenters. The molecule has 0 fully saturated rings. The van der Waals surface area contributed by atoms with Crippen LogP contribution in [0.2, 0.25) is 0 Å². The Balaban J connectivity index is 4.20. The molecule has 0 spiro atoms. The molecule has 0 aromatic rings. The maximum atomic E-state index is 12.8. The van der Waals surface area contributed by atoms with Gasteiger partial charge in [-0.25, -0.2) is 0 Å². The van der Waals surface area contributed by atoms with Crippen LogP contribution < -0.4 is 0 Å². The molecular formula is C59H112O5. The second kappa shape index (κ2) is 55.7. The van der Waals surface area contributed by atoms with Gasteiger partial charge in [-0.1, -0.05) is 257 Å². The maximum Gasteiger partial charge on any atom is 0.306 e. The van der Waals surface area contributed by atoms with Crippen LogP contribution in [0.15, 0.2) is 24.3 Å². The van der Waals surface area contributed by atoms with Gasteiger partial charge in [-0.3, -0.25) is 9.59 Å². The Hall–Kier alpha value is -1.62. The Morgan fingerprint density at radius 1 is 0.328 bits per heavy atom. The Labute approximate surface area is 400 Å². The highest BCUT2D eigenvalue weighted by molar-refractivity contribution is 5.70. The minimum Gasteiger partial charge on any atom is -0.462 e. The Morgan fingerprint density at radius 2 is 0.609 bits per heavy atom. The molecule has 0 aromatic carbocycles. The Morgan fingerprint density at radius 3 is 0.969 bits per heavy atom. The monoisotopic (exact) mass is 901 g/mol. The van der Waals surface area contributed by atoms with E-state index in [2.05, 4.69) is 45.1 Å². The normalized spacial score (nSPS) is 12.2. The molecule has 64 heavy (non-hydrogen) atoms. The predicted octanol–water partition coefficient (Wildman–Crippen LogP) is 19.6. The van der Waals surface area contributed by atoms with Gasteiger partial charge in [0.05, 0.1) is 6.61 Å². The lowest BCUT2D eigenvalue weighted by atomic mass is 10.0. The highest BCUT2D eigenvalue weighted by Gasteiger charge is 2.17. The summed E-state index contributed by atoms with van der Waals surface area (Å²) in [5, 5.41) is 0. The van der Waals surface area contributed by atoms with Crippen LogP contribution >= 0.6 is 0 Å². The zero-order valence-electron chi connectivity index (χ0n) is 43.6. The van der Waals surface area contributed by atoms with Crippen molar-refractivity contribution in [1.82, 2.24) is 0 Å². The fourth-order valence-electron chi connectivity index (χ4n) is 8.62. The second-order valence-electron chi connectivity index (χ2n) is 19.5. The zero-order chi connectivity index (χ0) is 46.3. The minimum absolute atomic E-state index is 0.0879.